The molecule has 0 saturated carbocycles. The molecular formula is C8H7F3O3S. The van der Waals surface area contributed by atoms with Gasteiger partial charge in [-0.05, 0) is 18.6 Å². The lowest BCUT2D eigenvalue weighted by molar-refractivity contribution is -0.0500. The van der Waals surface area contributed by atoms with E-state index < -0.39 is 15.6 Å². The summed E-state index contributed by atoms with van der Waals surface area (Å²) in [5.74, 6) is -0.324. The summed E-state index contributed by atoms with van der Waals surface area (Å²) in [6, 6.07) is 5.54. The molecule has 0 aliphatic carbocycles. The summed E-state index contributed by atoms with van der Waals surface area (Å²) in [6.07, 6.45) is 0. The fourth-order valence-corrected chi connectivity index (χ4v) is 1.33. The zero-order chi connectivity index (χ0) is 11.7. The number of aryl methyl sites for hydroxylation is 1. The van der Waals surface area contributed by atoms with E-state index in [4.69, 9.17) is 0 Å². The highest BCUT2D eigenvalue weighted by Gasteiger charge is 2.48. The number of hydrogen-bond acceptors (Lipinski definition) is 3. The molecule has 0 aliphatic rings. The van der Waals surface area contributed by atoms with Crippen LogP contribution in [-0.4, -0.2) is 13.9 Å². The lowest BCUT2D eigenvalue weighted by Crippen LogP contribution is -2.28. The van der Waals surface area contributed by atoms with E-state index in [0.29, 0.717) is 5.56 Å². The van der Waals surface area contributed by atoms with Crippen LogP contribution in [0.3, 0.4) is 0 Å². The topological polar surface area (TPSA) is 43.4 Å². The van der Waals surface area contributed by atoms with Crippen molar-refractivity contribution in [3.05, 3.63) is 29.8 Å². The van der Waals surface area contributed by atoms with Gasteiger partial charge in [0, 0.05) is 0 Å². The molecule has 1 aromatic rings. The first-order chi connectivity index (χ1) is 6.74. The van der Waals surface area contributed by atoms with Gasteiger partial charge in [-0.2, -0.15) is 21.6 Å². The number of hydrogen-bond donors (Lipinski definition) is 0. The lowest BCUT2D eigenvalue weighted by atomic mass is 10.2. The molecule has 0 aliphatic heterocycles. The molecular weight excluding hydrogens is 233 g/mol. The van der Waals surface area contributed by atoms with Crippen molar-refractivity contribution in [2.45, 2.75) is 12.4 Å². The quantitative estimate of drug-likeness (QED) is 0.588. The van der Waals surface area contributed by atoms with E-state index in [1.165, 1.54) is 19.1 Å². The molecule has 0 N–H and O–H groups in total. The van der Waals surface area contributed by atoms with Gasteiger partial charge >= 0.3 is 15.6 Å². The van der Waals surface area contributed by atoms with E-state index in [-0.39, 0.29) is 5.75 Å². The molecule has 3 nitrogen and oxygen atoms in total. The largest absolute Gasteiger partial charge is 0.534 e. The second-order valence-electron chi connectivity index (χ2n) is 2.75. The summed E-state index contributed by atoms with van der Waals surface area (Å²) >= 11 is 0. The molecule has 0 saturated heterocycles. The molecule has 0 spiro atoms. The van der Waals surface area contributed by atoms with E-state index in [9.17, 15) is 21.6 Å². The first-order valence-electron chi connectivity index (χ1n) is 3.80. The molecule has 0 unspecified atom stereocenters. The Balaban J connectivity index is 3.03. The molecule has 1 aromatic carbocycles. The van der Waals surface area contributed by atoms with Crippen LogP contribution in [0.1, 0.15) is 5.56 Å². The number of halogens is 3. The van der Waals surface area contributed by atoms with Gasteiger partial charge < -0.3 is 4.18 Å². The zero-order valence-electron chi connectivity index (χ0n) is 7.58. The molecule has 15 heavy (non-hydrogen) atoms. The van der Waals surface area contributed by atoms with E-state index >= 15 is 0 Å². The Hall–Kier alpha value is -1.24. The Bertz CT molecular complexity index is 450. The van der Waals surface area contributed by atoms with Crippen molar-refractivity contribution in [1.82, 2.24) is 0 Å². The maximum atomic E-state index is 11.9. The second-order valence-corrected chi connectivity index (χ2v) is 4.29. The van der Waals surface area contributed by atoms with Crippen LogP contribution in [0.2, 0.25) is 0 Å². The van der Waals surface area contributed by atoms with Gasteiger partial charge in [0.2, 0.25) is 0 Å². The Morgan fingerprint density at radius 3 is 2.20 bits per heavy atom. The molecule has 0 bridgehead atoms. The van der Waals surface area contributed by atoms with E-state index in [0.717, 1.165) is 6.07 Å². The highest BCUT2D eigenvalue weighted by Crippen LogP contribution is 2.28. The SMILES string of the molecule is Cc1ccccc1OS(=O)(=O)C(F)(F)F. The lowest BCUT2D eigenvalue weighted by Gasteiger charge is -2.10. The molecule has 0 heterocycles. The Morgan fingerprint density at radius 2 is 1.73 bits per heavy atom. The molecule has 0 aromatic heterocycles. The smallest absolute Gasteiger partial charge is 0.376 e. The molecule has 0 radical (unpaired) electrons. The normalized spacial score (nSPS) is 12.5. The van der Waals surface area contributed by atoms with Gasteiger partial charge in [-0.15, -0.1) is 0 Å². The minimum absolute atomic E-state index is 0.310. The average Bonchev–Trinajstić information content (AvgIpc) is 2.06. The third-order valence-electron chi connectivity index (χ3n) is 1.58. The van der Waals surface area contributed by atoms with Crippen LogP contribution in [0, 0.1) is 6.92 Å². The van der Waals surface area contributed by atoms with Gasteiger partial charge in [0.05, 0.1) is 0 Å². The predicted octanol–water partition coefficient (Wildman–Crippen LogP) is 2.22. The molecule has 0 amide bonds. The van der Waals surface area contributed by atoms with Crippen LogP contribution in [0.15, 0.2) is 24.3 Å². The number of para-hydroxylation sites is 1. The van der Waals surface area contributed by atoms with Gasteiger partial charge in [-0.3, -0.25) is 0 Å². The van der Waals surface area contributed by atoms with Crippen molar-refractivity contribution in [1.29, 1.82) is 0 Å². The molecule has 84 valence electrons. The van der Waals surface area contributed by atoms with Crippen LogP contribution in [-0.2, 0) is 10.1 Å². The predicted molar refractivity (Wildman–Crippen MR) is 46.8 cm³/mol. The summed E-state index contributed by atoms with van der Waals surface area (Å²) in [6.45, 7) is 1.45. The third kappa shape index (κ3) is 2.62. The molecule has 1 rings (SSSR count). The molecule has 0 atom stereocenters. The second kappa shape index (κ2) is 3.73. The van der Waals surface area contributed by atoms with E-state index in [1.54, 1.807) is 6.07 Å². The standard InChI is InChI=1S/C8H7F3O3S/c1-6-4-2-3-5-7(6)14-15(12,13)8(9,10)11/h2-5H,1H3. The van der Waals surface area contributed by atoms with Gasteiger partial charge in [0.1, 0.15) is 5.75 Å². The summed E-state index contributed by atoms with van der Waals surface area (Å²) in [5.41, 5.74) is -5.10. The Labute approximate surface area is 84.6 Å². The van der Waals surface area contributed by atoms with Crippen molar-refractivity contribution in [2.24, 2.45) is 0 Å². The van der Waals surface area contributed by atoms with Crippen molar-refractivity contribution in [3.63, 3.8) is 0 Å². The van der Waals surface area contributed by atoms with Crippen molar-refractivity contribution in [3.8, 4) is 5.75 Å². The van der Waals surface area contributed by atoms with Gasteiger partial charge in [-0.1, -0.05) is 18.2 Å². The van der Waals surface area contributed by atoms with Crippen LogP contribution < -0.4 is 4.18 Å². The number of alkyl halides is 3. The first-order valence-corrected chi connectivity index (χ1v) is 5.21. The summed E-state index contributed by atoms with van der Waals surface area (Å²) < 4.78 is 61.0. The summed E-state index contributed by atoms with van der Waals surface area (Å²) in [4.78, 5) is 0. The van der Waals surface area contributed by atoms with Crippen molar-refractivity contribution in [2.75, 3.05) is 0 Å². The third-order valence-corrected chi connectivity index (χ3v) is 2.54. The summed E-state index contributed by atoms with van der Waals surface area (Å²) in [5, 5.41) is 0. The van der Waals surface area contributed by atoms with E-state index in [2.05, 4.69) is 4.18 Å². The van der Waals surface area contributed by atoms with Crippen LogP contribution in [0.4, 0.5) is 13.2 Å². The Kier molecular flexibility index (Phi) is 2.94. The fraction of sp³-hybridized carbons (Fsp3) is 0.250. The first kappa shape index (κ1) is 11.8. The minimum Gasteiger partial charge on any atom is -0.376 e. The maximum absolute atomic E-state index is 11.9. The number of benzene rings is 1. The zero-order valence-corrected chi connectivity index (χ0v) is 8.39. The fourth-order valence-electron chi connectivity index (χ4n) is 0.815. The molecule has 0 fully saturated rings. The highest BCUT2D eigenvalue weighted by atomic mass is 32.2. The van der Waals surface area contributed by atoms with E-state index in [1.807, 2.05) is 0 Å². The van der Waals surface area contributed by atoms with Crippen LogP contribution in [0.25, 0.3) is 0 Å². The van der Waals surface area contributed by atoms with Gasteiger partial charge in [-0.25, -0.2) is 0 Å². The summed E-state index contributed by atoms with van der Waals surface area (Å²) in [7, 11) is -5.57. The minimum atomic E-state index is -5.57. The number of rotatable bonds is 2. The van der Waals surface area contributed by atoms with Crippen molar-refractivity contribution < 1.29 is 25.8 Å². The monoisotopic (exact) mass is 240 g/mol. The highest BCUT2D eigenvalue weighted by molar-refractivity contribution is 7.88. The average molecular weight is 240 g/mol. The maximum Gasteiger partial charge on any atom is 0.534 e. The van der Waals surface area contributed by atoms with Gasteiger partial charge in [0.25, 0.3) is 0 Å². The van der Waals surface area contributed by atoms with Crippen LogP contribution >= 0.6 is 0 Å². The van der Waals surface area contributed by atoms with Gasteiger partial charge in [0.15, 0.2) is 0 Å². The van der Waals surface area contributed by atoms with Crippen molar-refractivity contribution >= 4 is 10.1 Å². The van der Waals surface area contributed by atoms with Crippen LogP contribution in [0.5, 0.6) is 5.75 Å². The molecule has 7 heteroatoms. The Morgan fingerprint density at radius 1 is 1.20 bits per heavy atom.